The van der Waals surface area contributed by atoms with E-state index in [9.17, 15) is 14.4 Å². The van der Waals surface area contributed by atoms with Crippen LogP contribution in [0.1, 0.15) is 30.4 Å². The Bertz CT molecular complexity index is 940. The number of hydrogen-bond donors (Lipinski definition) is 2. The highest BCUT2D eigenvalue weighted by Crippen LogP contribution is 2.32. The number of nitrogens with zero attached hydrogens (tertiary/aromatic N) is 2. The summed E-state index contributed by atoms with van der Waals surface area (Å²) in [4.78, 5) is 40.7. The van der Waals surface area contributed by atoms with Crippen molar-refractivity contribution < 1.29 is 18.8 Å². The zero-order valence-corrected chi connectivity index (χ0v) is 17.8. The van der Waals surface area contributed by atoms with Crippen LogP contribution in [0.3, 0.4) is 0 Å². The molecule has 2 N–H and O–H groups in total. The normalized spacial score (nSPS) is 18.5. The minimum atomic E-state index is -1.24. The Morgan fingerprint density at radius 3 is 2.57 bits per heavy atom. The van der Waals surface area contributed by atoms with Crippen molar-refractivity contribution in [1.29, 1.82) is 0 Å². The van der Waals surface area contributed by atoms with Crippen LogP contribution < -0.4 is 15.5 Å². The molecule has 8 heteroatoms. The molecule has 1 aliphatic rings. The maximum Gasteiger partial charge on any atom is 0.325 e. The SMILES string of the molecule is Cc1cc(C2(C)NC(=O)N(CC(=O)NCCCN(C)c3ccccc3)C2=O)c(C)o1. The predicted octanol–water partition coefficient (Wildman–Crippen LogP) is 2.31. The number of aryl methyl sites for hydroxylation is 2. The summed E-state index contributed by atoms with van der Waals surface area (Å²) in [6, 6.07) is 11.1. The van der Waals surface area contributed by atoms with E-state index < -0.39 is 17.5 Å². The lowest BCUT2D eigenvalue weighted by molar-refractivity contribution is -0.134. The van der Waals surface area contributed by atoms with E-state index in [1.807, 2.05) is 37.4 Å². The fourth-order valence-corrected chi connectivity index (χ4v) is 3.71. The Morgan fingerprint density at radius 2 is 1.93 bits per heavy atom. The quantitative estimate of drug-likeness (QED) is 0.513. The Morgan fingerprint density at radius 1 is 1.23 bits per heavy atom. The first kappa shape index (κ1) is 21.4. The highest BCUT2D eigenvalue weighted by molar-refractivity contribution is 6.09. The molecule has 30 heavy (non-hydrogen) atoms. The summed E-state index contributed by atoms with van der Waals surface area (Å²) in [5.41, 5.74) is 0.467. The van der Waals surface area contributed by atoms with Gasteiger partial charge >= 0.3 is 6.03 Å². The van der Waals surface area contributed by atoms with Gasteiger partial charge in [-0.15, -0.1) is 0 Å². The summed E-state index contributed by atoms with van der Waals surface area (Å²) in [6.07, 6.45) is 0.739. The summed E-state index contributed by atoms with van der Waals surface area (Å²) >= 11 is 0. The maximum absolute atomic E-state index is 12.9. The molecule has 8 nitrogen and oxygen atoms in total. The molecule has 0 saturated carbocycles. The van der Waals surface area contributed by atoms with Crippen LogP contribution in [0.25, 0.3) is 0 Å². The third-order valence-electron chi connectivity index (χ3n) is 5.35. The standard InChI is InChI=1S/C22H28N4O4/c1-15-13-18(16(2)30-15)22(3)20(28)26(21(29)24-22)14-19(27)23-11-8-12-25(4)17-9-6-5-7-10-17/h5-7,9-10,13H,8,11-12,14H2,1-4H3,(H,23,27)(H,24,29). The van der Waals surface area contributed by atoms with Crippen molar-refractivity contribution in [2.75, 3.05) is 31.6 Å². The topological polar surface area (TPSA) is 94.9 Å². The first-order chi connectivity index (χ1) is 14.2. The lowest BCUT2D eigenvalue weighted by Gasteiger charge is -2.21. The van der Waals surface area contributed by atoms with E-state index in [1.165, 1.54) is 0 Å². The Balaban J connectivity index is 1.51. The van der Waals surface area contributed by atoms with Crippen molar-refractivity contribution in [3.8, 4) is 0 Å². The zero-order chi connectivity index (χ0) is 21.9. The van der Waals surface area contributed by atoms with Crippen LogP contribution in [0.4, 0.5) is 10.5 Å². The molecule has 160 valence electrons. The molecule has 1 aliphatic heterocycles. The zero-order valence-electron chi connectivity index (χ0n) is 17.8. The van der Waals surface area contributed by atoms with Gasteiger partial charge in [0, 0.05) is 31.4 Å². The van der Waals surface area contributed by atoms with E-state index in [4.69, 9.17) is 4.42 Å². The van der Waals surface area contributed by atoms with Crippen LogP contribution in [-0.4, -0.2) is 49.4 Å². The van der Waals surface area contributed by atoms with Gasteiger partial charge in [0.1, 0.15) is 23.6 Å². The lowest BCUT2D eigenvalue weighted by atomic mass is 9.92. The van der Waals surface area contributed by atoms with Gasteiger partial charge in [-0.3, -0.25) is 14.5 Å². The van der Waals surface area contributed by atoms with E-state index in [1.54, 1.807) is 26.8 Å². The first-order valence-electron chi connectivity index (χ1n) is 9.97. The number of benzene rings is 1. The van der Waals surface area contributed by atoms with Gasteiger partial charge in [0.25, 0.3) is 5.91 Å². The van der Waals surface area contributed by atoms with E-state index >= 15 is 0 Å². The molecule has 2 heterocycles. The monoisotopic (exact) mass is 412 g/mol. The molecule has 0 spiro atoms. The third-order valence-corrected chi connectivity index (χ3v) is 5.35. The number of hydrogen-bond acceptors (Lipinski definition) is 5. The molecule has 4 amide bonds. The van der Waals surface area contributed by atoms with Gasteiger partial charge in [-0.25, -0.2) is 4.79 Å². The number of para-hydroxylation sites is 1. The van der Waals surface area contributed by atoms with Crippen LogP contribution in [-0.2, 0) is 15.1 Å². The molecule has 1 aromatic carbocycles. The Hall–Kier alpha value is -3.29. The predicted molar refractivity (Wildman–Crippen MR) is 113 cm³/mol. The van der Waals surface area contributed by atoms with Gasteiger partial charge < -0.3 is 20.0 Å². The van der Waals surface area contributed by atoms with Crippen LogP contribution >= 0.6 is 0 Å². The molecule has 3 rings (SSSR count). The van der Waals surface area contributed by atoms with Gasteiger partial charge in [-0.05, 0) is 45.4 Å². The summed E-state index contributed by atoms with van der Waals surface area (Å²) in [7, 11) is 1.99. The van der Waals surface area contributed by atoms with E-state index in [-0.39, 0.29) is 12.5 Å². The number of carbonyl (C=O) groups excluding carboxylic acids is 3. The van der Waals surface area contributed by atoms with Crippen LogP contribution in [0.5, 0.6) is 0 Å². The average molecular weight is 412 g/mol. The molecule has 1 atom stereocenters. The maximum atomic E-state index is 12.9. The summed E-state index contributed by atoms with van der Waals surface area (Å²) in [5, 5.41) is 5.48. The summed E-state index contributed by atoms with van der Waals surface area (Å²) in [6.45, 7) is 6.06. The van der Waals surface area contributed by atoms with Crippen LogP contribution in [0.15, 0.2) is 40.8 Å². The molecule has 0 radical (unpaired) electrons. The smallest absolute Gasteiger partial charge is 0.325 e. The average Bonchev–Trinajstić information content (AvgIpc) is 3.17. The van der Waals surface area contributed by atoms with Gasteiger partial charge in [-0.2, -0.15) is 0 Å². The van der Waals surface area contributed by atoms with Gasteiger partial charge in [0.15, 0.2) is 0 Å². The molecular formula is C22H28N4O4. The van der Waals surface area contributed by atoms with Crippen LogP contribution in [0.2, 0.25) is 0 Å². The van der Waals surface area contributed by atoms with Gasteiger partial charge in [0.05, 0.1) is 0 Å². The fourth-order valence-electron chi connectivity index (χ4n) is 3.71. The minimum absolute atomic E-state index is 0.315. The second-order valence-corrected chi connectivity index (χ2v) is 7.73. The number of nitrogens with one attached hydrogen (secondary N) is 2. The molecule has 1 unspecified atom stereocenters. The molecule has 1 fully saturated rings. The third kappa shape index (κ3) is 4.32. The number of anilines is 1. The first-order valence-corrected chi connectivity index (χ1v) is 9.97. The molecule has 2 aromatic rings. The summed E-state index contributed by atoms with van der Waals surface area (Å²) in [5.74, 6) is 0.389. The number of imide groups is 1. The van der Waals surface area contributed by atoms with Crippen molar-refractivity contribution >= 4 is 23.5 Å². The van der Waals surface area contributed by atoms with Crippen molar-refractivity contribution in [2.45, 2.75) is 32.7 Å². The van der Waals surface area contributed by atoms with Crippen LogP contribution in [0, 0.1) is 13.8 Å². The number of amides is 4. The van der Waals surface area contributed by atoms with E-state index in [0.29, 0.717) is 23.6 Å². The molecule has 0 aliphatic carbocycles. The van der Waals surface area contributed by atoms with Crippen molar-refractivity contribution in [2.24, 2.45) is 0 Å². The van der Waals surface area contributed by atoms with Gasteiger partial charge in [0.2, 0.25) is 5.91 Å². The Kier molecular flexibility index (Phi) is 6.14. The number of carbonyl (C=O) groups is 3. The fraction of sp³-hybridized carbons (Fsp3) is 0.409. The highest BCUT2D eigenvalue weighted by atomic mass is 16.3. The van der Waals surface area contributed by atoms with Crippen molar-refractivity contribution in [3.63, 3.8) is 0 Å². The molecule has 1 saturated heterocycles. The van der Waals surface area contributed by atoms with Crippen molar-refractivity contribution in [3.05, 3.63) is 53.5 Å². The number of urea groups is 1. The van der Waals surface area contributed by atoms with Gasteiger partial charge in [-0.1, -0.05) is 18.2 Å². The second-order valence-electron chi connectivity index (χ2n) is 7.73. The number of furan rings is 1. The lowest BCUT2D eigenvalue weighted by Crippen LogP contribution is -2.43. The molecule has 0 bridgehead atoms. The second kappa shape index (κ2) is 8.61. The molecule has 1 aromatic heterocycles. The Labute approximate surface area is 176 Å². The number of rotatable bonds is 8. The van der Waals surface area contributed by atoms with Crippen molar-refractivity contribution in [1.82, 2.24) is 15.5 Å². The molecular weight excluding hydrogens is 384 g/mol. The summed E-state index contributed by atoms with van der Waals surface area (Å²) < 4.78 is 5.50. The minimum Gasteiger partial charge on any atom is -0.466 e. The largest absolute Gasteiger partial charge is 0.466 e. The highest BCUT2D eigenvalue weighted by Gasteiger charge is 2.51. The van der Waals surface area contributed by atoms with E-state index in [2.05, 4.69) is 15.5 Å². The van der Waals surface area contributed by atoms with E-state index in [0.717, 1.165) is 23.6 Å².